The molecule has 0 unspecified atom stereocenters. The van der Waals surface area contributed by atoms with E-state index in [9.17, 15) is 0 Å². The van der Waals surface area contributed by atoms with Crippen molar-refractivity contribution in [3.05, 3.63) is 132 Å². The quantitative estimate of drug-likeness (QED) is 0.371. The van der Waals surface area contributed by atoms with E-state index in [2.05, 4.69) is 68.5 Å². The molecule has 0 fully saturated rings. The first-order valence-corrected chi connectivity index (χ1v) is 10.9. The second-order valence-electron chi connectivity index (χ2n) is 7.51. The van der Waals surface area contributed by atoms with Crippen molar-refractivity contribution >= 4 is 24.3 Å². The minimum Gasteiger partial charge on any atom is -0.206 e. The molecule has 34 heavy (non-hydrogen) atoms. The van der Waals surface area contributed by atoms with Crippen molar-refractivity contribution in [1.29, 1.82) is 0 Å². The summed E-state index contributed by atoms with van der Waals surface area (Å²) in [5, 5.41) is 0. The molecule has 0 atom stereocenters. The van der Waals surface area contributed by atoms with Gasteiger partial charge in [0.1, 0.15) is 24.8 Å². The highest BCUT2D eigenvalue weighted by atomic mass is 15.1. The number of pyridine rings is 2. The molecule has 4 aromatic heterocycles. The molecule has 162 valence electrons. The fraction of sp³-hybridized carbons (Fsp3) is 0. The van der Waals surface area contributed by atoms with Crippen molar-refractivity contribution in [3.8, 4) is 11.9 Å². The van der Waals surface area contributed by atoms with Crippen LogP contribution in [0.4, 0.5) is 0 Å². The average molecular weight is 443 g/mol. The van der Waals surface area contributed by atoms with Crippen LogP contribution in [0.2, 0.25) is 0 Å². The molecule has 0 aliphatic heterocycles. The molecule has 6 nitrogen and oxygen atoms in total. The topological polar surface area (TPSA) is 59.3 Å². The Morgan fingerprint density at radius 2 is 0.706 bits per heavy atom. The summed E-state index contributed by atoms with van der Waals surface area (Å²) in [4.78, 5) is 17.0. The summed E-state index contributed by atoms with van der Waals surface area (Å²) in [6.45, 7) is 0. The maximum atomic E-state index is 4.25. The molecule has 0 aliphatic rings. The van der Waals surface area contributed by atoms with Crippen molar-refractivity contribution < 1.29 is 9.13 Å². The van der Waals surface area contributed by atoms with Crippen molar-refractivity contribution in [2.24, 2.45) is 0 Å². The fourth-order valence-corrected chi connectivity index (χ4v) is 3.32. The molecule has 6 heteroatoms. The lowest BCUT2D eigenvalue weighted by molar-refractivity contribution is -0.604. The summed E-state index contributed by atoms with van der Waals surface area (Å²) < 4.78 is 3.78. The van der Waals surface area contributed by atoms with Crippen molar-refractivity contribution in [2.75, 3.05) is 0 Å². The summed E-state index contributed by atoms with van der Waals surface area (Å²) in [5.41, 5.74) is 4.50. The van der Waals surface area contributed by atoms with E-state index in [0.29, 0.717) is 11.9 Å². The Labute approximate surface area is 197 Å². The smallest absolute Gasteiger partial charge is 0.206 e. The van der Waals surface area contributed by atoms with E-state index in [1.54, 1.807) is 36.9 Å². The highest BCUT2D eigenvalue weighted by molar-refractivity contribution is 5.72. The monoisotopic (exact) mass is 442 g/mol. The van der Waals surface area contributed by atoms with Gasteiger partial charge in [-0.3, -0.25) is 0 Å². The summed E-state index contributed by atoms with van der Waals surface area (Å²) in [5.74, 6) is 1.31. The standard InChI is InChI=1S/C28H22N6/c1-15-29-27(30-16-1)33-19-11-25(12-20-33)9-7-23-3-5-24(6-4-23)8-10-26-13-21-34(22-14-26)28-31-17-2-18-32-28/h1-22H/q+2/b9-7+,10-8+. The largest absolute Gasteiger partial charge is 0.437 e. The van der Waals surface area contributed by atoms with Crippen LogP contribution in [0.15, 0.2) is 110 Å². The predicted octanol–water partition coefficient (Wildman–Crippen LogP) is 4.16. The molecule has 0 saturated carbocycles. The van der Waals surface area contributed by atoms with Crippen LogP contribution in [-0.4, -0.2) is 19.9 Å². The second kappa shape index (κ2) is 10.2. The Morgan fingerprint density at radius 1 is 0.412 bits per heavy atom. The van der Waals surface area contributed by atoms with E-state index in [1.807, 2.05) is 58.2 Å². The number of hydrogen-bond donors (Lipinski definition) is 0. The molecule has 0 amide bonds. The zero-order valence-corrected chi connectivity index (χ0v) is 18.4. The van der Waals surface area contributed by atoms with E-state index in [-0.39, 0.29) is 0 Å². The van der Waals surface area contributed by atoms with Crippen LogP contribution in [0, 0.1) is 0 Å². The Bertz CT molecular complexity index is 1280. The van der Waals surface area contributed by atoms with Gasteiger partial charge in [-0.05, 0) is 46.5 Å². The SMILES string of the molecule is C(=C\c1cc[n+](-c2ncccn2)cc1)/c1ccc(/C=C/c2cc[n+](-c3ncccn3)cc2)cc1. The van der Waals surface area contributed by atoms with Gasteiger partial charge in [0.25, 0.3) is 0 Å². The van der Waals surface area contributed by atoms with Crippen LogP contribution in [-0.2, 0) is 0 Å². The summed E-state index contributed by atoms with van der Waals surface area (Å²) in [7, 11) is 0. The minimum atomic E-state index is 0.654. The summed E-state index contributed by atoms with van der Waals surface area (Å²) in [6, 6.07) is 20.2. The maximum absolute atomic E-state index is 4.25. The highest BCUT2D eigenvalue weighted by Gasteiger charge is 2.07. The lowest BCUT2D eigenvalue weighted by Crippen LogP contribution is -2.31. The van der Waals surface area contributed by atoms with Crippen LogP contribution in [0.1, 0.15) is 22.3 Å². The van der Waals surface area contributed by atoms with Crippen LogP contribution in [0.3, 0.4) is 0 Å². The Balaban J connectivity index is 1.21. The van der Waals surface area contributed by atoms with Crippen LogP contribution in [0.25, 0.3) is 36.2 Å². The van der Waals surface area contributed by atoms with E-state index in [0.717, 1.165) is 22.3 Å². The third kappa shape index (κ3) is 5.31. The Morgan fingerprint density at radius 3 is 1.03 bits per heavy atom. The van der Waals surface area contributed by atoms with Crippen LogP contribution >= 0.6 is 0 Å². The molecular formula is C28H22N6+2. The van der Waals surface area contributed by atoms with Crippen molar-refractivity contribution in [3.63, 3.8) is 0 Å². The van der Waals surface area contributed by atoms with Crippen molar-refractivity contribution in [2.45, 2.75) is 0 Å². The van der Waals surface area contributed by atoms with Gasteiger partial charge in [0.2, 0.25) is 0 Å². The number of aromatic nitrogens is 6. The van der Waals surface area contributed by atoms with Gasteiger partial charge in [-0.25, -0.2) is 9.13 Å². The second-order valence-corrected chi connectivity index (χ2v) is 7.51. The lowest BCUT2D eigenvalue weighted by Gasteiger charge is -1.99. The third-order valence-corrected chi connectivity index (χ3v) is 5.15. The van der Waals surface area contributed by atoms with Gasteiger partial charge in [0.15, 0.2) is 0 Å². The first-order chi connectivity index (χ1) is 16.8. The molecule has 0 saturated heterocycles. The normalized spacial score (nSPS) is 11.3. The van der Waals surface area contributed by atoms with E-state index in [1.165, 1.54) is 0 Å². The molecule has 1 aromatic carbocycles. The minimum absolute atomic E-state index is 0.654. The van der Waals surface area contributed by atoms with Gasteiger partial charge >= 0.3 is 11.9 Å². The number of rotatable bonds is 6. The zero-order valence-electron chi connectivity index (χ0n) is 18.4. The molecule has 0 spiro atoms. The van der Waals surface area contributed by atoms with Gasteiger partial charge in [0.05, 0.1) is 24.8 Å². The third-order valence-electron chi connectivity index (χ3n) is 5.15. The zero-order chi connectivity index (χ0) is 23.0. The van der Waals surface area contributed by atoms with Gasteiger partial charge in [-0.1, -0.05) is 68.5 Å². The number of benzene rings is 1. The van der Waals surface area contributed by atoms with Gasteiger partial charge in [-0.2, -0.15) is 0 Å². The van der Waals surface area contributed by atoms with E-state index in [4.69, 9.17) is 0 Å². The Kier molecular flexibility index (Phi) is 6.30. The molecule has 5 aromatic rings. The lowest BCUT2D eigenvalue weighted by atomic mass is 10.1. The highest BCUT2D eigenvalue weighted by Crippen LogP contribution is 2.12. The first-order valence-electron chi connectivity index (χ1n) is 10.9. The van der Waals surface area contributed by atoms with Crippen molar-refractivity contribution in [1.82, 2.24) is 19.9 Å². The first kappa shape index (κ1) is 21.0. The molecule has 0 N–H and O–H groups in total. The number of nitrogens with zero attached hydrogens (tertiary/aromatic N) is 6. The molecule has 0 aliphatic carbocycles. The van der Waals surface area contributed by atoms with Gasteiger partial charge < -0.3 is 0 Å². The van der Waals surface area contributed by atoms with Crippen LogP contribution in [0.5, 0.6) is 0 Å². The number of hydrogen-bond acceptors (Lipinski definition) is 4. The van der Waals surface area contributed by atoms with Gasteiger partial charge in [0, 0.05) is 12.1 Å². The van der Waals surface area contributed by atoms with Gasteiger partial charge in [-0.15, -0.1) is 0 Å². The average Bonchev–Trinajstić information content (AvgIpc) is 2.93. The van der Waals surface area contributed by atoms with E-state index >= 15 is 0 Å². The molecule has 0 radical (unpaired) electrons. The predicted molar refractivity (Wildman–Crippen MR) is 131 cm³/mol. The van der Waals surface area contributed by atoms with Crippen LogP contribution < -0.4 is 9.13 Å². The Hall–Kier alpha value is -4.84. The van der Waals surface area contributed by atoms with E-state index < -0.39 is 0 Å². The molecule has 4 heterocycles. The fourth-order valence-electron chi connectivity index (χ4n) is 3.32. The summed E-state index contributed by atoms with van der Waals surface area (Å²) >= 11 is 0. The molecule has 0 bridgehead atoms. The molecule has 5 rings (SSSR count). The maximum Gasteiger partial charge on any atom is 0.437 e. The molecular weight excluding hydrogens is 420 g/mol. The summed E-state index contributed by atoms with van der Waals surface area (Å²) in [6.07, 6.45) is 23.2.